The first-order chi connectivity index (χ1) is 7.20. The fraction of sp³-hybridized carbons (Fsp3) is 0.444. The summed E-state index contributed by atoms with van der Waals surface area (Å²) in [5, 5.41) is 3.39. The molecule has 0 unspecified atom stereocenters. The van der Waals surface area contributed by atoms with Gasteiger partial charge in [0.2, 0.25) is 5.69 Å². The third-order valence-electron chi connectivity index (χ3n) is 1.53. The molecule has 0 radical (unpaired) electrons. The Balaban J connectivity index is 2.86. The van der Waals surface area contributed by atoms with Crippen molar-refractivity contribution in [1.29, 1.82) is 0 Å². The molecule has 0 amide bonds. The Morgan fingerprint density at radius 1 is 1.27 bits per heavy atom. The van der Waals surface area contributed by atoms with E-state index in [1.54, 1.807) is 13.8 Å². The second-order valence-electron chi connectivity index (χ2n) is 2.52. The number of aromatic nitrogens is 1. The molecule has 0 aromatic carbocycles. The maximum Gasteiger partial charge on any atom is 0.361 e. The van der Waals surface area contributed by atoms with Crippen molar-refractivity contribution in [3.05, 3.63) is 17.5 Å². The molecule has 15 heavy (non-hydrogen) atoms. The van der Waals surface area contributed by atoms with E-state index in [2.05, 4.69) is 14.4 Å². The molecule has 0 aliphatic carbocycles. The lowest BCUT2D eigenvalue weighted by molar-refractivity contribution is 0.0474. The molecule has 0 atom stereocenters. The summed E-state index contributed by atoms with van der Waals surface area (Å²) in [7, 11) is 0. The van der Waals surface area contributed by atoms with Gasteiger partial charge >= 0.3 is 11.9 Å². The average Bonchev–Trinajstić information content (AvgIpc) is 2.66. The summed E-state index contributed by atoms with van der Waals surface area (Å²) in [6, 6.07) is 0. The van der Waals surface area contributed by atoms with Crippen molar-refractivity contribution < 1.29 is 23.6 Å². The van der Waals surface area contributed by atoms with Gasteiger partial charge in [0, 0.05) is 0 Å². The Labute approximate surface area is 86.1 Å². The average molecular weight is 213 g/mol. The van der Waals surface area contributed by atoms with Crippen LogP contribution in [0.1, 0.15) is 34.7 Å². The first kappa shape index (κ1) is 11.2. The third-order valence-corrected chi connectivity index (χ3v) is 1.53. The van der Waals surface area contributed by atoms with E-state index < -0.39 is 11.9 Å². The van der Waals surface area contributed by atoms with Gasteiger partial charge in [-0.15, -0.1) is 0 Å². The van der Waals surface area contributed by atoms with Crippen molar-refractivity contribution in [2.75, 3.05) is 13.2 Å². The number of rotatable bonds is 4. The second kappa shape index (κ2) is 5.14. The lowest BCUT2D eigenvalue weighted by Crippen LogP contribution is -2.12. The minimum Gasteiger partial charge on any atom is -0.462 e. The van der Waals surface area contributed by atoms with Gasteiger partial charge < -0.3 is 14.0 Å². The maximum atomic E-state index is 11.3. The molecule has 0 fully saturated rings. The molecule has 82 valence electrons. The largest absolute Gasteiger partial charge is 0.462 e. The molecule has 1 aromatic heterocycles. The fourth-order valence-electron chi connectivity index (χ4n) is 0.937. The topological polar surface area (TPSA) is 78.6 Å². The van der Waals surface area contributed by atoms with Gasteiger partial charge in [-0.05, 0) is 13.8 Å². The van der Waals surface area contributed by atoms with Gasteiger partial charge in [-0.2, -0.15) is 0 Å². The quantitative estimate of drug-likeness (QED) is 0.695. The van der Waals surface area contributed by atoms with Crippen molar-refractivity contribution in [3.63, 3.8) is 0 Å². The van der Waals surface area contributed by atoms with Crippen molar-refractivity contribution in [3.8, 4) is 0 Å². The van der Waals surface area contributed by atoms with Gasteiger partial charge in [-0.25, -0.2) is 9.59 Å². The van der Waals surface area contributed by atoms with Crippen molar-refractivity contribution in [1.82, 2.24) is 5.16 Å². The first-order valence-corrected chi connectivity index (χ1v) is 4.49. The molecule has 0 spiro atoms. The number of esters is 2. The highest BCUT2D eigenvalue weighted by molar-refractivity contribution is 6.01. The smallest absolute Gasteiger partial charge is 0.361 e. The number of hydrogen-bond acceptors (Lipinski definition) is 6. The van der Waals surface area contributed by atoms with Crippen LogP contribution in [0.5, 0.6) is 0 Å². The molecule has 0 aliphatic rings. The number of hydrogen-bond donors (Lipinski definition) is 0. The van der Waals surface area contributed by atoms with Crippen LogP contribution in [-0.4, -0.2) is 30.3 Å². The molecular weight excluding hydrogens is 202 g/mol. The number of nitrogens with zero attached hydrogens (tertiary/aromatic N) is 1. The van der Waals surface area contributed by atoms with Gasteiger partial charge in [0.25, 0.3) is 0 Å². The summed E-state index contributed by atoms with van der Waals surface area (Å²) < 4.78 is 13.9. The van der Waals surface area contributed by atoms with E-state index in [9.17, 15) is 9.59 Å². The first-order valence-electron chi connectivity index (χ1n) is 4.49. The highest BCUT2D eigenvalue weighted by atomic mass is 16.5. The summed E-state index contributed by atoms with van der Waals surface area (Å²) in [6.07, 6.45) is 1.06. The molecule has 6 nitrogen and oxygen atoms in total. The van der Waals surface area contributed by atoms with Crippen molar-refractivity contribution in [2.24, 2.45) is 0 Å². The Bertz CT molecular complexity index is 325. The number of carbonyl (C=O) groups is 2. The summed E-state index contributed by atoms with van der Waals surface area (Å²) in [5.74, 6) is -1.35. The normalized spacial score (nSPS) is 9.73. The molecule has 1 rings (SSSR count). The van der Waals surface area contributed by atoms with Crippen LogP contribution in [0.25, 0.3) is 0 Å². The van der Waals surface area contributed by atoms with E-state index in [-0.39, 0.29) is 24.5 Å². The van der Waals surface area contributed by atoms with Crippen LogP contribution < -0.4 is 0 Å². The third kappa shape index (κ3) is 2.55. The summed E-state index contributed by atoms with van der Waals surface area (Å²) in [6.45, 7) is 3.73. The lowest BCUT2D eigenvalue weighted by atomic mass is 10.2. The maximum absolute atomic E-state index is 11.3. The molecule has 0 N–H and O–H groups in total. The van der Waals surface area contributed by atoms with Crippen LogP contribution in [0.4, 0.5) is 0 Å². The van der Waals surface area contributed by atoms with E-state index in [1.165, 1.54) is 0 Å². The molecular formula is C9H11NO5. The van der Waals surface area contributed by atoms with E-state index in [1.807, 2.05) is 0 Å². The van der Waals surface area contributed by atoms with Crippen molar-refractivity contribution in [2.45, 2.75) is 13.8 Å². The van der Waals surface area contributed by atoms with Crippen LogP contribution in [0.2, 0.25) is 0 Å². The highest BCUT2D eigenvalue weighted by Gasteiger charge is 2.23. The van der Waals surface area contributed by atoms with Crippen molar-refractivity contribution >= 4 is 11.9 Å². The van der Waals surface area contributed by atoms with Crippen LogP contribution in [0.15, 0.2) is 10.8 Å². The molecule has 1 heterocycles. The van der Waals surface area contributed by atoms with E-state index in [0.717, 1.165) is 6.26 Å². The minimum absolute atomic E-state index is 0.0182. The molecule has 0 saturated carbocycles. The Morgan fingerprint density at radius 3 is 2.47 bits per heavy atom. The molecule has 1 aromatic rings. The van der Waals surface area contributed by atoms with Crippen LogP contribution in [0.3, 0.4) is 0 Å². The van der Waals surface area contributed by atoms with Crippen LogP contribution in [0, 0.1) is 0 Å². The highest BCUT2D eigenvalue weighted by Crippen LogP contribution is 2.09. The van der Waals surface area contributed by atoms with Gasteiger partial charge in [0.1, 0.15) is 11.8 Å². The summed E-state index contributed by atoms with van der Waals surface area (Å²) in [5.41, 5.74) is -0.175. The van der Waals surface area contributed by atoms with Gasteiger partial charge in [0.15, 0.2) is 0 Å². The predicted octanol–water partition coefficient (Wildman–Crippen LogP) is 1.03. The molecule has 6 heteroatoms. The fourth-order valence-corrected chi connectivity index (χ4v) is 0.937. The van der Waals surface area contributed by atoms with Crippen LogP contribution in [-0.2, 0) is 9.47 Å². The lowest BCUT2D eigenvalue weighted by Gasteiger charge is -2.00. The van der Waals surface area contributed by atoms with E-state index >= 15 is 0 Å². The predicted molar refractivity (Wildman–Crippen MR) is 48.4 cm³/mol. The Hall–Kier alpha value is -1.85. The summed E-state index contributed by atoms with van der Waals surface area (Å²) in [4.78, 5) is 22.6. The number of carbonyl (C=O) groups excluding carboxylic acids is 2. The second-order valence-corrected chi connectivity index (χ2v) is 2.52. The monoisotopic (exact) mass is 213 g/mol. The standard InChI is InChI=1S/C9H11NO5/c1-3-13-8(11)6-5-15-10-7(6)9(12)14-4-2/h5H,3-4H2,1-2H3. The number of ether oxygens (including phenoxy) is 2. The Kier molecular flexibility index (Phi) is 3.84. The van der Waals surface area contributed by atoms with E-state index in [4.69, 9.17) is 4.74 Å². The Morgan fingerprint density at radius 2 is 1.87 bits per heavy atom. The molecule has 0 aliphatic heterocycles. The molecule has 0 bridgehead atoms. The zero-order valence-corrected chi connectivity index (χ0v) is 8.48. The zero-order valence-electron chi connectivity index (χ0n) is 8.48. The SMILES string of the molecule is CCOC(=O)c1conc1C(=O)OCC. The van der Waals surface area contributed by atoms with Gasteiger partial charge in [-0.3, -0.25) is 0 Å². The van der Waals surface area contributed by atoms with Gasteiger partial charge in [0.05, 0.1) is 13.2 Å². The minimum atomic E-state index is -0.700. The van der Waals surface area contributed by atoms with Gasteiger partial charge in [-0.1, -0.05) is 5.16 Å². The summed E-state index contributed by atoms with van der Waals surface area (Å²) >= 11 is 0. The van der Waals surface area contributed by atoms with E-state index in [0.29, 0.717) is 0 Å². The molecule has 0 saturated heterocycles. The van der Waals surface area contributed by atoms with Crippen LogP contribution >= 0.6 is 0 Å². The zero-order chi connectivity index (χ0) is 11.3.